The minimum absolute atomic E-state index is 0.183. The second kappa shape index (κ2) is 7.03. The molecule has 0 N–H and O–H groups in total. The summed E-state index contributed by atoms with van der Waals surface area (Å²) in [6.07, 6.45) is 4.38. The lowest BCUT2D eigenvalue weighted by atomic mass is 9.63. The molecule has 0 atom stereocenters. The Bertz CT molecular complexity index is 881. The second-order valence-electron chi connectivity index (χ2n) is 8.78. The molecule has 0 fully saturated rings. The molecule has 0 unspecified atom stereocenters. The molecule has 0 spiro atoms. The number of ether oxygens (including phenoxy) is 1. The quantitative estimate of drug-likeness (QED) is 0.591. The number of carbonyl (C=O) groups excluding carboxylic acids is 1. The van der Waals surface area contributed by atoms with Crippen LogP contribution in [0.4, 0.5) is 0 Å². The molecule has 1 aromatic heterocycles. The fourth-order valence-corrected chi connectivity index (χ4v) is 3.87. The number of esters is 1. The number of fused-ring (bicyclic) bond motifs is 1. The highest BCUT2D eigenvalue weighted by molar-refractivity contribution is 5.87. The molecule has 0 saturated heterocycles. The third-order valence-corrected chi connectivity index (χ3v) is 5.77. The van der Waals surface area contributed by atoms with Gasteiger partial charge in [0.2, 0.25) is 5.76 Å². The van der Waals surface area contributed by atoms with E-state index in [1.807, 2.05) is 6.08 Å². The Labute approximate surface area is 162 Å². The van der Waals surface area contributed by atoms with Crippen LogP contribution in [0.25, 0.3) is 11.6 Å². The van der Waals surface area contributed by atoms with Gasteiger partial charge in [-0.3, -0.25) is 0 Å². The lowest BCUT2D eigenvalue weighted by Gasteiger charge is -2.42. The standard InChI is InChI=1S/C24H30O3/c1-7-26-22(25)21-11-9-18(27-21)14-16(2)17-8-10-19-20(15-17)24(5,6)13-12-23(19,3)4/h8-11,14-15H,7,12-13H2,1-6H3. The SMILES string of the molecule is CCOC(=O)c1ccc(C=C(C)c2ccc3c(c2)C(C)(C)CCC3(C)C)o1. The Balaban J connectivity index is 1.93. The van der Waals surface area contributed by atoms with Crippen LogP contribution in [-0.4, -0.2) is 12.6 Å². The average Bonchev–Trinajstić information content (AvgIpc) is 3.07. The molecule has 1 heterocycles. The zero-order valence-corrected chi connectivity index (χ0v) is 17.3. The summed E-state index contributed by atoms with van der Waals surface area (Å²) in [5, 5.41) is 0. The largest absolute Gasteiger partial charge is 0.460 e. The molecule has 0 amide bonds. The van der Waals surface area contributed by atoms with Crippen molar-refractivity contribution < 1.29 is 13.9 Å². The Morgan fingerprint density at radius 1 is 1.07 bits per heavy atom. The van der Waals surface area contributed by atoms with Crippen molar-refractivity contribution >= 4 is 17.6 Å². The third kappa shape index (κ3) is 3.87. The number of hydrogen-bond acceptors (Lipinski definition) is 3. The van der Waals surface area contributed by atoms with E-state index in [9.17, 15) is 4.79 Å². The van der Waals surface area contributed by atoms with E-state index in [4.69, 9.17) is 9.15 Å². The maximum absolute atomic E-state index is 11.8. The number of furan rings is 1. The van der Waals surface area contributed by atoms with Gasteiger partial charge in [-0.1, -0.05) is 45.9 Å². The lowest BCUT2D eigenvalue weighted by molar-refractivity contribution is 0.0489. The highest BCUT2D eigenvalue weighted by Crippen LogP contribution is 2.46. The van der Waals surface area contributed by atoms with Crippen molar-refractivity contribution in [1.29, 1.82) is 0 Å². The lowest BCUT2D eigenvalue weighted by Crippen LogP contribution is -2.33. The summed E-state index contributed by atoms with van der Waals surface area (Å²) in [6.45, 7) is 13.5. The third-order valence-electron chi connectivity index (χ3n) is 5.77. The van der Waals surface area contributed by atoms with Gasteiger partial charge in [0, 0.05) is 0 Å². The van der Waals surface area contributed by atoms with Gasteiger partial charge < -0.3 is 9.15 Å². The average molecular weight is 367 g/mol. The Morgan fingerprint density at radius 3 is 2.41 bits per heavy atom. The summed E-state index contributed by atoms with van der Waals surface area (Å²) in [4.78, 5) is 11.8. The summed E-state index contributed by atoms with van der Waals surface area (Å²) in [6, 6.07) is 10.3. The first-order chi connectivity index (χ1) is 12.6. The molecule has 2 aromatic rings. The van der Waals surface area contributed by atoms with E-state index in [-0.39, 0.29) is 16.6 Å². The molecule has 0 saturated carbocycles. The molecule has 0 radical (unpaired) electrons. The van der Waals surface area contributed by atoms with Gasteiger partial charge in [0.05, 0.1) is 6.61 Å². The minimum atomic E-state index is -0.424. The van der Waals surface area contributed by atoms with Gasteiger partial charge >= 0.3 is 5.97 Å². The van der Waals surface area contributed by atoms with E-state index in [2.05, 4.69) is 52.8 Å². The number of hydrogen-bond donors (Lipinski definition) is 0. The molecular formula is C24H30O3. The van der Waals surface area contributed by atoms with Crippen molar-refractivity contribution in [3.8, 4) is 0 Å². The van der Waals surface area contributed by atoms with Crippen molar-refractivity contribution in [2.24, 2.45) is 0 Å². The van der Waals surface area contributed by atoms with Crippen LogP contribution in [0, 0.1) is 0 Å². The number of benzene rings is 1. The summed E-state index contributed by atoms with van der Waals surface area (Å²) in [5.41, 5.74) is 5.60. The smallest absolute Gasteiger partial charge is 0.374 e. The summed E-state index contributed by atoms with van der Waals surface area (Å²) >= 11 is 0. The van der Waals surface area contributed by atoms with Gasteiger partial charge in [-0.15, -0.1) is 0 Å². The van der Waals surface area contributed by atoms with Crippen molar-refractivity contribution in [2.75, 3.05) is 6.61 Å². The molecule has 1 aliphatic rings. The van der Waals surface area contributed by atoms with Crippen LogP contribution >= 0.6 is 0 Å². The highest BCUT2D eigenvalue weighted by Gasteiger charge is 2.36. The van der Waals surface area contributed by atoms with E-state index in [1.165, 1.54) is 29.5 Å². The fraction of sp³-hybridized carbons (Fsp3) is 0.458. The maximum atomic E-state index is 11.8. The van der Waals surface area contributed by atoms with Crippen LogP contribution in [0.1, 0.15) is 87.4 Å². The van der Waals surface area contributed by atoms with Crippen LogP contribution in [0.3, 0.4) is 0 Å². The zero-order valence-electron chi connectivity index (χ0n) is 17.3. The minimum Gasteiger partial charge on any atom is -0.460 e. The van der Waals surface area contributed by atoms with Crippen molar-refractivity contribution in [3.63, 3.8) is 0 Å². The number of rotatable bonds is 4. The van der Waals surface area contributed by atoms with Crippen LogP contribution < -0.4 is 0 Å². The molecule has 3 rings (SSSR count). The molecule has 0 aliphatic heterocycles. The van der Waals surface area contributed by atoms with Crippen LogP contribution in [0.2, 0.25) is 0 Å². The van der Waals surface area contributed by atoms with E-state index < -0.39 is 5.97 Å². The Morgan fingerprint density at radius 2 is 1.74 bits per heavy atom. The molecule has 3 heteroatoms. The topological polar surface area (TPSA) is 39.4 Å². The summed E-state index contributed by atoms with van der Waals surface area (Å²) < 4.78 is 10.6. The second-order valence-corrected chi connectivity index (χ2v) is 8.78. The van der Waals surface area contributed by atoms with Gasteiger partial charge in [0.15, 0.2) is 0 Å². The van der Waals surface area contributed by atoms with Gasteiger partial charge in [-0.05, 0) is 78.0 Å². The first kappa shape index (κ1) is 19.5. The molecule has 144 valence electrons. The zero-order chi connectivity index (χ0) is 19.8. The van der Waals surface area contributed by atoms with Crippen molar-refractivity contribution in [2.45, 2.75) is 65.2 Å². The van der Waals surface area contributed by atoms with Gasteiger partial charge in [-0.2, -0.15) is 0 Å². The van der Waals surface area contributed by atoms with Crippen LogP contribution in [0.15, 0.2) is 34.7 Å². The Kier molecular flexibility index (Phi) is 5.07. The maximum Gasteiger partial charge on any atom is 0.374 e. The molecule has 27 heavy (non-hydrogen) atoms. The van der Waals surface area contributed by atoms with Crippen molar-refractivity contribution in [3.05, 3.63) is 58.5 Å². The summed E-state index contributed by atoms with van der Waals surface area (Å²) in [5.74, 6) is 0.477. The number of allylic oxidation sites excluding steroid dienone is 1. The Hall–Kier alpha value is -2.29. The van der Waals surface area contributed by atoms with Gasteiger partial charge in [0.25, 0.3) is 0 Å². The molecular weight excluding hydrogens is 336 g/mol. The predicted molar refractivity (Wildman–Crippen MR) is 110 cm³/mol. The normalized spacial score (nSPS) is 18.1. The molecule has 1 aromatic carbocycles. The monoisotopic (exact) mass is 366 g/mol. The van der Waals surface area contributed by atoms with E-state index in [0.717, 1.165) is 5.57 Å². The van der Waals surface area contributed by atoms with E-state index >= 15 is 0 Å². The molecule has 3 nitrogen and oxygen atoms in total. The van der Waals surface area contributed by atoms with Gasteiger partial charge in [-0.25, -0.2) is 4.79 Å². The highest BCUT2D eigenvalue weighted by atomic mass is 16.5. The van der Waals surface area contributed by atoms with Crippen LogP contribution in [0.5, 0.6) is 0 Å². The molecule has 0 bridgehead atoms. The first-order valence-corrected chi connectivity index (χ1v) is 9.75. The summed E-state index contributed by atoms with van der Waals surface area (Å²) in [7, 11) is 0. The fourth-order valence-electron chi connectivity index (χ4n) is 3.87. The van der Waals surface area contributed by atoms with Gasteiger partial charge in [0.1, 0.15) is 5.76 Å². The molecule has 1 aliphatic carbocycles. The first-order valence-electron chi connectivity index (χ1n) is 9.75. The van der Waals surface area contributed by atoms with Crippen molar-refractivity contribution in [1.82, 2.24) is 0 Å². The van der Waals surface area contributed by atoms with Crippen LogP contribution in [-0.2, 0) is 15.6 Å². The number of carbonyl (C=O) groups is 1. The van der Waals surface area contributed by atoms with E-state index in [1.54, 1.807) is 19.1 Å². The predicted octanol–water partition coefficient (Wildman–Crippen LogP) is 6.37. The van der Waals surface area contributed by atoms with E-state index in [0.29, 0.717) is 12.4 Å².